The van der Waals surface area contributed by atoms with Crippen molar-refractivity contribution in [2.75, 3.05) is 13.2 Å². The van der Waals surface area contributed by atoms with Crippen LogP contribution in [0.25, 0.3) is 0 Å². The molecule has 1 fully saturated rings. The van der Waals surface area contributed by atoms with Gasteiger partial charge in [-0.1, -0.05) is 12.1 Å². The molecule has 0 spiro atoms. The summed E-state index contributed by atoms with van der Waals surface area (Å²) in [5.74, 6) is 0.426. The Hall–Kier alpha value is -2.57. The first-order chi connectivity index (χ1) is 12.2. The first-order valence-electron chi connectivity index (χ1n) is 8.91. The highest BCUT2D eigenvalue weighted by Crippen LogP contribution is 2.19. The Kier molecular flexibility index (Phi) is 6.23. The summed E-state index contributed by atoms with van der Waals surface area (Å²) in [5.41, 5.74) is 0.110. The second kappa shape index (κ2) is 8.21. The van der Waals surface area contributed by atoms with Crippen LogP contribution in [0.1, 0.15) is 52.1 Å². The third-order valence-corrected chi connectivity index (χ3v) is 4.30. The van der Waals surface area contributed by atoms with Gasteiger partial charge in [0, 0.05) is 13.0 Å². The lowest BCUT2D eigenvalue weighted by molar-refractivity contribution is -0.130. The van der Waals surface area contributed by atoms with Crippen molar-refractivity contribution in [1.82, 2.24) is 15.5 Å². The van der Waals surface area contributed by atoms with E-state index in [0.29, 0.717) is 13.0 Å². The lowest BCUT2D eigenvalue weighted by Crippen LogP contribution is -2.40. The summed E-state index contributed by atoms with van der Waals surface area (Å²) in [7, 11) is 0. The van der Waals surface area contributed by atoms with Crippen LogP contribution in [0.4, 0.5) is 4.79 Å². The molecule has 0 aromatic heterocycles. The van der Waals surface area contributed by atoms with Gasteiger partial charge in [0.15, 0.2) is 0 Å². The monoisotopic (exact) mass is 361 g/mol. The Morgan fingerprint density at radius 3 is 2.46 bits per heavy atom. The van der Waals surface area contributed by atoms with Crippen molar-refractivity contribution < 1.29 is 19.1 Å². The summed E-state index contributed by atoms with van der Waals surface area (Å²) in [6.07, 6.45) is 0.677. The fourth-order valence-electron chi connectivity index (χ4n) is 2.84. The molecular weight excluding hydrogens is 334 g/mol. The standard InChI is InChI=1S/C19H27N3O4/c1-5-26-15-10-8-14(9-11-15)13(2)20-16(23)7-6-12-22-17(24)19(3,4)21-18(22)25/h8-11,13H,5-7,12H2,1-4H3,(H,20,23)(H,21,25). The minimum atomic E-state index is -0.874. The van der Waals surface area contributed by atoms with Crippen molar-refractivity contribution in [2.45, 2.75) is 52.1 Å². The van der Waals surface area contributed by atoms with Crippen molar-refractivity contribution in [3.05, 3.63) is 29.8 Å². The zero-order valence-electron chi connectivity index (χ0n) is 15.8. The number of nitrogens with zero attached hydrogens (tertiary/aromatic N) is 1. The molecule has 7 nitrogen and oxygen atoms in total. The first kappa shape index (κ1) is 19.8. The number of hydrogen-bond acceptors (Lipinski definition) is 4. The predicted octanol–water partition coefficient (Wildman–Crippen LogP) is 2.37. The van der Waals surface area contributed by atoms with Crippen molar-refractivity contribution in [3.63, 3.8) is 0 Å². The molecule has 1 heterocycles. The Morgan fingerprint density at radius 2 is 1.92 bits per heavy atom. The fourth-order valence-corrected chi connectivity index (χ4v) is 2.84. The van der Waals surface area contributed by atoms with Gasteiger partial charge in [0.25, 0.3) is 5.91 Å². The van der Waals surface area contributed by atoms with Gasteiger partial charge >= 0.3 is 6.03 Å². The van der Waals surface area contributed by atoms with Gasteiger partial charge in [-0.3, -0.25) is 14.5 Å². The largest absolute Gasteiger partial charge is 0.494 e. The van der Waals surface area contributed by atoms with Gasteiger partial charge in [-0.2, -0.15) is 0 Å². The maximum atomic E-state index is 12.1. The molecule has 0 saturated carbocycles. The highest BCUT2D eigenvalue weighted by atomic mass is 16.5. The summed E-state index contributed by atoms with van der Waals surface area (Å²) < 4.78 is 5.40. The van der Waals surface area contributed by atoms with E-state index in [4.69, 9.17) is 4.74 Å². The molecule has 1 aliphatic heterocycles. The molecule has 1 aliphatic rings. The van der Waals surface area contributed by atoms with E-state index in [0.717, 1.165) is 11.3 Å². The van der Waals surface area contributed by atoms with Gasteiger partial charge in [0.1, 0.15) is 11.3 Å². The van der Waals surface area contributed by atoms with Crippen LogP contribution in [0.15, 0.2) is 24.3 Å². The van der Waals surface area contributed by atoms with Crippen molar-refractivity contribution in [1.29, 1.82) is 0 Å². The van der Waals surface area contributed by atoms with Crippen LogP contribution in [-0.4, -0.2) is 41.4 Å². The lowest BCUT2D eigenvalue weighted by atomic mass is 10.1. The molecule has 2 rings (SSSR count). The molecule has 1 aromatic carbocycles. The van der Waals surface area contributed by atoms with E-state index in [2.05, 4.69) is 10.6 Å². The first-order valence-corrected chi connectivity index (χ1v) is 8.91. The van der Waals surface area contributed by atoms with Gasteiger partial charge in [0.2, 0.25) is 5.91 Å². The van der Waals surface area contributed by atoms with E-state index in [-0.39, 0.29) is 30.8 Å². The molecule has 1 saturated heterocycles. The third-order valence-electron chi connectivity index (χ3n) is 4.30. The number of carbonyl (C=O) groups excluding carboxylic acids is 3. The van der Waals surface area contributed by atoms with Crippen LogP contribution in [0.5, 0.6) is 5.75 Å². The molecular formula is C19H27N3O4. The summed E-state index contributed by atoms with van der Waals surface area (Å²) in [6, 6.07) is 7.06. The van der Waals surface area contributed by atoms with Crippen LogP contribution in [0.3, 0.4) is 0 Å². The summed E-state index contributed by atoms with van der Waals surface area (Å²) in [4.78, 5) is 37.2. The molecule has 0 aliphatic carbocycles. The second-order valence-electron chi connectivity index (χ2n) is 6.91. The van der Waals surface area contributed by atoms with Crippen LogP contribution < -0.4 is 15.4 Å². The summed E-state index contributed by atoms with van der Waals surface area (Å²) >= 11 is 0. The van der Waals surface area contributed by atoms with Gasteiger partial charge in [-0.15, -0.1) is 0 Å². The van der Waals surface area contributed by atoms with Crippen LogP contribution in [0, 0.1) is 0 Å². The SMILES string of the molecule is CCOc1ccc(C(C)NC(=O)CCCN2C(=O)NC(C)(C)C2=O)cc1. The van der Waals surface area contributed by atoms with Crippen LogP contribution >= 0.6 is 0 Å². The average molecular weight is 361 g/mol. The number of benzene rings is 1. The minimum Gasteiger partial charge on any atom is -0.494 e. The Morgan fingerprint density at radius 1 is 1.27 bits per heavy atom. The molecule has 7 heteroatoms. The van der Waals surface area contributed by atoms with E-state index < -0.39 is 11.6 Å². The predicted molar refractivity (Wildman–Crippen MR) is 97.7 cm³/mol. The quantitative estimate of drug-likeness (QED) is 0.696. The molecule has 1 aromatic rings. The molecule has 1 atom stereocenters. The number of hydrogen-bond donors (Lipinski definition) is 2. The lowest BCUT2D eigenvalue weighted by Gasteiger charge is -2.17. The van der Waals surface area contributed by atoms with Crippen molar-refractivity contribution >= 4 is 17.8 Å². The number of urea groups is 1. The number of nitrogens with one attached hydrogen (secondary N) is 2. The van der Waals surface area contributed by atoms with Crippen LogP contribution in [0.2, 0.25) is 0 Å². The highest BCUT2D eigenvalue weighted by molar-refractivity contribution is 6.06. The number of carbonyl (C=O) groups is 3. The summed E-state index contributed by atoms with van der Waals surface area (Å²) in [5, 5.41) is 5.55. The Bertz CT molecular complexity index is 670. The average Bonchev–Trinajstić information content (AvgIpc) is 2.77. The van der Waals surface area contributed by atoms with Gasteiger partial charge in [0.05, 0.1) is 12.6 Å². The molecule has 0 bridgehead atoms. The minimum absolute atomic E-state index is 0.113. The van der Waals surface area contributed by atoms with Gasteiger partial charge in [-0.05, 0) is 51.8 Å². The van der Waals surface area contributed by atoms with E-state index in [1.165, 1.54) is 4.90 Å². The molecule has 4 amide bonds. The van der Waals surface area contributed by atoms with Gasteiger partial charge < -0.3 is 15.4 Å². The number of rotatable bonds is 8. The topological polar surface area (TPSA) is 87.7 Å². The third kappa shape index (κ3) is 4.74. The van der Waals surface area contributed by atoms with E-state index in [1.807, 2.05) is 38.1 Å². The molecule has 1 unspecified atom stereocenters. The van der Waals surface area contributed by atoms with Crippen molar-refractivity contribution in [3.8, 4) is 5.75 Å². The van der Waals surface area contributed by atoms with E-state index in [1.54, 1.807) is 13.8 Å². The van der Waals surface area contributed by atoms with Gasteiger partial charge in [-0.25, -0.2) is 4.79 Å². The van der Waals surface area contributed by atoms with E-state index in [9.17, 15) is 14.4 Å². The normalized spacial score (nSPS) is 17.0. The van der Waals surface area contributed by atoms with Crippen LogP contribution in [-0.2, 0) is 9.59 Å². The number of amides is 4. The highest BCUT2D eigenvalue weighted by Gasteiger charge is 2.43. The number of imide groups is 1. The fraction of sp³-hybridized carbons (Fsp3) is 0.526. The maximum absolute atomic E-state index is 12.1. The Balaban J connectivity index is 1.78. The van der Waals surface area contributed by atoms with Crippen molar-refractivity contribution in [2.24, 2.45) is 0 Å². The Labute approximate surface area is 154 Å². The maximum Gasteiger partial charge on any atom is 0.325 e. The second-order valence-corrected chi connectivity index (χ2v) is 6.91. The number of ether oxygens (including phenoxy) is 1. The molecule has 142 valence electrons. The smallest absolute Gasteiger partial charge is 0.325 e. The molecule has 26 heavy (non-hydrogen) atoms. The molecule has 2 N–H and O–H groups in total. The zero-order valence-corrected chi connectivity index (χ0v) is 15.8. The van der Waals surface area contributed by atoms with E-state index >= 15 is 0 Å². The molecule has 0 radical (unpaired) electrons. The zero-order chi connectivity index (χ0) is 19.3. The summed E-state index contributed by atoms with van der Waals surface area (Å²) in [6.45, 7) is 8.01.